The maximum Gasteiger partial charge on any atom is 0.273 e. The summed E-state index contributed by atoms with van der Waals surface area (Å²) in [5.41, 5.74) is 1.22. The lowest BCUT2D eigenvalue weighted by Crippen LogP contribution is -2.35. The molecule has 28 heavy (non-hydrogen) atoms. The van der Waals surface area contributed by atoms with E-state index in [2.05, 4.69) is 15.6 Å². The van der Waals surface area contributed by atoms with Crippen LogP contribution in [0.3, 0.4) is 0 Å². The van der Waals surface area contributed by atoms with Gasteiger partial charge in [-0.3, -0.25) is 4.79 Å². The van der Waals surface area contributed by atoms with Crippen LogP contribution in [0.2, 0.25) is 10.0 Å². The van der Waals surface area contributed by atoms with Crippen molar-refractivity contribution in [2.24, 2.45) is 0 Å². The first-order valence-corrected chi connectivity index (χ1v) is 9.25. The van der Waals surface area contributed by atoms with Crippen molar-refractivity contribution in [3.05, 3.63) is 76.0 Å². The second-order valence-electron chi connectivity index (χ2n) is 6.01. The third-order valence-corrected chi connectivity index (χ3v) is 4.61. The maximum absolute atomic E-state index is 12.2. The van der Waals surface area contributed by atoms with Gasteiger partial charge in [0.2, 0.25) is 0 Å². The van der Waals surface area contributed by atoms with Crippen molar-refractivity contribution >= 4 is 29.1 Å². The summed E-state index contributed by atoms with van der Waals surface area (Å²) in [4.78, 5) is 12.2. The number of halogens is 2. The van der Waals surface area contributed by atoms with Gasteiger partial charge < -0.3 is 15.2 Å². The molecule has 0 spiro atoms. The van der Waals surface area contributed by atoms with Crippen LogP contribution in [0.15, 0.2) is 54.7 Å². The number of hydrogen-bond donors (Lipinski definition) is 2. The Labute approximate surface area is 171 Å². The second-order valence-corrected chi connectivity index (χ2v) is 6.80. The lowest BCUT2D eigenvalue weighted by Gasteiger charge is -2.14. The summed E-state index contributed by atoms with van der Waals surface area (Å²) in [7, 11) is 0. The number of nitrogens with zero attached hydrogens (tertiary/aromatic N) is 3. The average molecular weight is 421 g/mol. The summed E-state index contributed by atoms with van der Waals surface area (Å²) in [6.07, 6.45) is 0.620. The molecule has 3 aromatic rings. The molecule has 9 heteroatoms. The fourth-order valence-electron chi connectivity index (χ4n) is 2.39. The molecule has 0 fully saturated rings. The van der Waals surface area contributed by atoms with E-state index in [0.29, 0.717) is 17.3 Å². The van der Waals surface area contributed by atoms with E-state index < -0.39 is 12.0 Å². The van der Waals surface area contributed by atoms with Crippen LogP contribution in [0.4, 0.5) is 0 Å². The van der Waals surface area contributed by atoms with Gasteiger partial charge in [-0.1, -0.05) is 64.8 Å². The number of hydrogen-bond acceptors (Lipinski definition) is 5. The molecule has 1 unspecified atom stereocenters. The van der Waals surface area contributed by atoms with Gasteiger partial charge >= 0.3 is 0 Å². The number of ether oxygens (including phenoxy) is 1. The van der Waals surface area contributed by atoms with Crippen LogP contribution in [0, 0.1) is 0 Å². The van der Waals surface area contributed by atoms with Crippen LogP contribution in [0.1, 0.15) is 16.1 Å². The van der Waals surface area contributed by atoms with Crippen LogP contribution in [0.25, 0.3) is 0 Å². The molecule has 0 aliphatic heterocycles. The lowest BCUT2D eigenvalue weighted by atomic mass is 10.2. The molecular formula is C19H18Cl2N4O3. The van der Waals surface area contributed by atoms with Crippen molar-refractivity contribution in [2.75, 3.05) is 13.2 Å². The number of rotatable bonds is 8. The predicted molar refractivity (Wildman–Crippen MR) is 106 cm³/mol. The van der Waals surface area contributed by atoms with E-state index in [-0.39, 0.29) is 23.9 Å². The average Bonchev–Trinajstić information content (AvgIpc) is 3.16. The standard InChI is InChI=1S/C19H18Cl2N4O3/c20-15-7-4-8-17(18(15)21)28-12-14(26)9-22-19(27)16-11-25(24-23-16)10-13-5-2-1-3-6-13/h1-8,11,14,26H,9-10,12H2,(H,22,27). The van der Waals surface area contributed by atoms with Crippen molar-refractivity contribution in [3.63, 3.8) is 0 Å². The minimum atomic E-state index is -0.932. The fraction of sp³-hybridized carbons (Fsp3) is 0.211. The Morgan fingerprint density at radius 1 is 1.18 bits per heavy atom. The highest BCUT2D eigenvalue weighted by Gasteiger charge is 2.14. The zero-order valence-corrected chi connectivity index (χ0v) is 16.3. The maximum atomic E-state index is 12.2. The van der Waals surface area contributed by atoms with Crippen molar-refractivity contribution in [1.29, 1.82) is 0 Å². The van der Waals surface area contributed by atoms with Gasteiger partial charge in [0, 0.05) is 6.54 Å². The monoisotopic (exact) mass is 420 g/mol. The molecule has 1 heterocycles. The second kappa shape index (κ2) is 9.54. The Morgan fingerprint density at radius 3 is 2.75 bits per heavy atom. The van der Waals surface area contributed by atoms with Gasteiger partial charge in [0.15, 0.2) is 5.69 Å². The summed E-state index contributed by atoms with van der Waals surface area (Å²) in [6.45, 7) is 0.446. The molecule has 0 radical (unpaired) electrons. The molecular weight excluding hydrogens is 403 g/mol. The fourth-order valence-corrected chi connectivity index (χ4v) is 2.74. The summed E-state index contributed by atoms with van der Waals surface area (Å²) in [5, 5.41) is 21.0. The largest absolute Gasteiger partial charge is 0.489 e. The number of benzene rings is 2. The molecule has 0 saturated heterocycles. The van der Waals surface area contributed by atoms with E-state index in [1.54, 1.807) is 29.1 Å². The highest BCUT2D eigenvalue weighted by Crippen LogP contribution is 2.31. The number of aromatic nitrogens is 3. The van der Waals surface area contributed by atoms with Gasteiger partial charge in [0.25, 0.3) is 5.91 Å². The van der Waals surface area contributed by atoms with E-state index in [4.69, 9.17) is 27.9 Å². The Bertz CT molecular complexity index is 934. The molecule has 1 amide bonds. The molecule has 3 rings (SSSR count). The van der Waals surface area contributed by atoms with Crippen LogP contribution < -0.4 is 10.1 Å². The van der Waals surface area contributed by atoms with Crippen molar-refractivity contribution in [3.8, 4) is 5.75 Å². The summed E-state index contributed by atoms with van der Waals surface area (Å²) >= 11 is 11.9. The number of aliphatic hydroxyl groups excluding tert-OH is 1. The molecule has 0 saturated carbocycles. The minimum absolute atomic E-state index is 0.0113. The Morgan fingerprint density at radius 2 is 1.96 bits per heavy atom. The summed E-state index contributed by atoms with van der Waals surface area (Å²) in [5.74, 6) is -0.0671. The SMILES string of the molecule is O=C(NCC(O)COc1cccc(Cl)c1Cl)c1cn(Cc2ccccc2)nn1. The summed E-state index contributed by atoms with van der Waals surface area (Å²) in [6, 6.07) is 14.7. The van der Waals surface area contributed by atoms with Crippen LogP contribution in [0.5, 0.6) is 5.75 Å². The van der Waals surface area contributed by atoms with E-state index in [1.807, 2.05) is 30.3 Å². The number of nitrogens with one attached hydrogen (secondary N) is 1. The molecule has 1 aromatic heterocycles. The Kier molecular flexibility index (Phi) is 6.86. The minimum Gasteiger partial charge on any atom is -0.489 e. The first-order chi connectivity index (χ1) is 13.5. The highest BCUT2D eigenvalue weighted by atomic mass is 35.5. The molecule has 2 aromatic carbocycles. The summed E-state index contributed by atoms with van der Waals surface area (Å²) < 4.78 is 7.01. The molecule has 7 nitrogen and oxygen atoms in total. The normalized spacial score (nSPS) is 11.8. The van der Waals surface area contributed by atoms with E-state index in [1.165, 1.54) is 0 Å². The number of carbonyl (C=O) groups excluding carboxylic acids is 1. The van der Waals surface area contributed by atoms with Gasteiger partial charge in [-0.25, -0.2) is 4.68 Å². The Balaban J connectivity index is 1.46. The lowest BCUT2D eigenvalue weighted by molar-refractivity contribution is 0.0840. The third-order valence-electron chi connectivity index (χ3n) is 3.80. The zero-order valence-electron chi connectivity index (χ0n) is 14.8. The third kappa shape index (κ3) is 5.45. The zero-order chi connectivity index (χ0) is 19.9. The topological polar surface area (TPSA) is 89.3 Å². The van der Waals surface area contributed by atoms with Crippen LogP contribution in [-0.4, -0.2) is 45.3 Å². The smallest absolute Gasteiger partial charge is 0.273 e. The predicted octanol–water partition coefficient (Wildman–Crippen LogP) is 2.80. The van der Waals surface area contributed by atoms with Crippen molar-refractivity contribution < 1.29 is 14.6 Å². The van der Waals surface area contributed by atoms with Gasteiger partial charge in [-0.05, 0) is 17.7 Å². The van der Waals surface area contributed by atoms with Crippen LogP contribution >= 0.6 is 23.2 Å². The number of carbonyl (C=O) groups is 1. The van der Waals surface area contributed by atoms with Crippen LogP contribution in [-0.2, 0) is 6.54 Å². The number of aliphatic hydroxyl groups is 1. The quantitative estimate of drug-likeness (QED) is 0.584. The van der Waals surface area contributed by atoms with E-state index in [9.17, 15) is 9.90 Å². The van der Waals surface area contributed by atoms with Crippen molar-refractivity contribution in [1.82, 2.24) is 20.3 Å². The molecule has 1 atom stereocenters. The van der Waals surface area contributed by atoms with Gasteiger partial charge in [-0.15, -0.1) is 5.10 Å². The van der Waals surface area contributed by atoms with Gasteiger partial charge in [-0.2, -0.15) is 0 Å². The molecule has 146 valence electrons. The molecule has 0 aliphatic rings. The first kappa shape index (κ1) is 20.1. The van der Waals surface area contributed by atoms with E-state index in [0.717, 1.165) is 5.56 Å². The molecule has 2 N–H and O–H groups in total. The Hall–Kier alpha value is -2.61. The number of amides is 1. The first-order valence-electron chi connectivity index (χ1n) is 8.50. The molecule has 0 aliphatic carbocycles. The van der Waals surface area contributed by atoms with Gasteiger partial charge in [0.1, 0.15) is 23.5 Å². The van der Waals surface area contributed by atoms with Crippen molar-refractivity contribution in [2.45, 2.75) is 12.6 Å². The highest BCUT2D eigenvalue weighted by molar-refractivity contribution is 6.42. The van der Waals surface area contributed by atoms with Gasteiger partial charge in [0.05, 0.1) is 17.8 Å². The van der Waals surface area contributed by atoms with E-state index >= 15 is 0 Å². The molecule has 0 bridgehead atoms.